The van der Waals surface area contributed by atoms with Gasteiger partial charge in [-0.15, -0.1) is 0 Å². The van der Waals surface area contributed by atoms with Crippen LogP contribution >= 0.6 is 0 Å². The van der Waals surface area contributed by atoms with Crippen LogP contribution in [0.5, 0.6) is 0 Å². The molecule has 0 bridgehead atoms. The van der Waals surface area contributed by atoms with E-state index >= 15 is 0 Å². The highest BCUT2D eigenvalue weighted by molar-refractivity contribution is 5.95. The lowest BCUT2D eigenvalue weighted by Crippen LogP contribution is -2.23. The minimum atomic E-state index is -0.969. The van der Waals surface area contributed by atoms with E-state index in [0.717, 1.165) is 30.3 Å². The summed E-state index contributed by atoms with van der Waals surface area (Å²) >= 11 is 0. The van der Waals surface area contributed by atoms with Crippen LogP contribution in [-0.4, -0.2) is 23.5 Å². The molecule has 1 aliphatic rings. The summed E-state index contributed by atoms with van der Waals surface area (Å²) in [6.07, 6.45) is 4.13. The average Bonchev–Trinajstić information content (AvgIpc) is 2.73. The Morgan fingerprint density at radius 2 is 2.00 bits per heavy atom. The predicted molar refractivity (Wildman–Crippen MR) is 64.7 cm³/mol. The van der Waals surface area contributed by atoms with Gasteiger partial charge in [0.15, 0.2) is 0 Å². The van der Waals surface area contributed by atoms with Crippen molar-refractivity contribution in [2.75, 3.05) is 11.4 Å². The van der Waals surface area contributed by atoms with Gasteiger partial charge in [0, 0.05) is 24.7 Å². The second-order valence-electron chi connectivity index (χ2n) is 3.91. The van der Waals surface area contributed by atoms with Crippen LogP contribution in [0.15, 0.2) is 30.3 Å². The number of carbonyl (C=O) groups is 2. The Balaban J connectivity index is 2.12. The highest BCUT2D eigenvalue weighted by atomic mass is 16.4. The Kier molecular flexibility index (Phi) is 3.23. The fourth-order valence-electron chi connectivity index (χ4n) is 1.85. The molecule has 0 spiro atoms. The highest BCUT2D eigenvalue weighted by Gasteiger charge is 2.21. The zero-order chi connectivity index (χ0) is 12.3. The van der Waals surface area contributed by atoms with Crippen LogP contribution in [0.25, 0.3) is 6.08 Å². The van der Waals surface area contributed by atoms with E-state index in [-0.39, 0.29) is 5.91 Å². The Bertz CT molecular complexity index is 462. The number of hydrogen-bond donors (Lipinski definition) is 1. The monoisotopic (exact) mass is 231 g/mol. The molecule has 0 atom stereocenters. The maximum absolute atomic E-state index is 11.5. The third kappa shape index (κ3) is 2.72. The summed E-state index contributed by atoms with van der Waals surface area (Å²) in [6.45, 7) is 0.767. The standard InChI is InChI=1S/C13H13NO3/c15-12-2-1-9-14(12)11-6-3-10(4-7-11)5-8-13(16)17/h3-8H,1-2,9H2,(H,16,17). The predicted octanol–water partition coefficient (Wildman–Crippen LogP) is 1.91. The van der Waals surface area contributed by atoms with E-state index in [1.54, 1.807) is 17.0 Å². The van der Waals surface area contributed by atoms with E-state index in [1.807, 2.05) is 12.1 Å². The van der Waals surface area contributed by atoms with Gasteiger partial charge in [0.2, 0.25) is 5.91 Å². The van der Waals surface area contributed by atoms with Crippen molar-refractivity contribution in [1.29, 1.82) is 0 Å². The average molecular weight is 231 g/mol. The summed E-state index contributed by atoms with van der Waals surface area (Å²) in [7, 11) is 0. The number of anilines is 1. The van der Waals surface area contributed by atoms with E-state index in [1.165, 1.54) is 6.08 Å². The third-order valence-electron chi connectivity index (χ3n) is 2.70. The summed E-state index contributed by atoms with van der Waals surface area (Å²) < 4.78 is 0. The van der Waals surface area contributed by atoms with Gasteiger partial charge in [0.05, 0.1) is 0 Å². The second kappa shape index (κ2) is 4.82. The van der Waals surface area contributed by atoms with Crippen molar-refractivity contribution in [3.8, 4) is 0 Å². The van der Waals surface area contributed by atoms with Gasteiger partial charge in [-0.25, -0.2) is 4.79 Å². The molecule has 0 radical (unpaired) electrons. The molecule has 4 nitrogen and oxygen atoms in total. The van der Waals surface area contributed by atoms with Crippen molar-refractivity contribution < 1.29 is 14.7 Å². The summed E-state index contributed by atoms with van der Waals surface area (Å²) in [5.41, 5.74) is 1.68. The van der Waals surface area contributed by atoms with Crippen LogP contribution in [0.1, 0.15) is 18.4 Å². The topological polar surface area (TPSA) is 57.6 Å². The zero-order valence-electron chi connectivity index (χ0n) is 9.30. The Morgan fingerprint density at radius 1 is 1.29 bits per heavy atom. The first-order valence-corrected chi connectivity index (χ1v) is 5.48. The summed E-state index contributed by atoms with van der Waals surface area (Å²) in [6, 6.07) is 7.29. The molecule has 1 aromatic rings. The van der Waals surface area contributed by atoms with E-state index in [4.69, 9.17) is 5.11 Å². The number of nitrogens with zero attached hydrogens (tertiary/aromatic N) is 1. The summed E-state index contributed by atoms with van der Waals surface area (Å²) in [4.78, 5) is 23.6. The molecule has 17 heavy (non-hydrogen) atoms. The largest absolute Gasteiger partial charge is 0.478 e. The van der Waals surface area contributed by atoms with E-state index in [2.05, 4.69) is 0 Å². The van der Waals surface area contributed by atoms with Crippen LogP contribution in [0.2, 0.25) is 0 Å². The molecular formula is C13H13NO3. The normalized spacial score (nSPS) is 15.8. The molecule has 1 aliphatic heterocycles. The van der Waals surface area contributed by atoms with Gasteiger partial charge >= 0.3 is 5.97 Å². The van der Waals surface area contributed by atoms with E-state index in [0.29, 0.717) is 6.42 Å². The number of carboxylic acids is 1. The molecule has 1 fully saturated rings. The van der Waals surface area contributed by atoms with Crippen molar-refractivity contribution in [3.63, 3.8) is 0 Å². The van der Waals surface area contributed by atoms with Crippen LogP contribution in [0.3, 0.4) is 0 Å². The van der Waals surface area contributed by atoms with Crippen molar-refractivity contribution in [2.24, 2.45) is 0 Å². The lowest BCUT2D eigenvalue weighted by atomic mass is 10.2. The molecule has 4 heteroatoms. The minimum absolute atomic E-state index is 0.152. The van der Waals surface area contributed by atoms with Crippen molar-refractivity contribution in [1.82, 2.24) is 0 Å². The van der Waals surface area contributed by atoms with E-state index < -0.39 is 5.97 Å². The summed E-state index contributed by atoms with van der Waals surface area (Å²) in [5.74, 6) is -0.817. The molecule has 0 unspecified atom stereocenters. The quantitative estimate of drug-likeness (QED) is 0.808. The maximum Gasteiger partial charge on any atom is 0.328 e. The van der Waals surface area contributed by atoms with E-state index in [9.17, 15) is 9.59 Å². The fraction of sp³-hybridized carbons (Fsp3) is 0.231. The maximum atomic E-state index is 11.5. The van der Waals surface area contributed by atoms with Gasteiger partial charge in [-0.1, -0.05) is 12.1 Å². The molecule has 2 rings (SSSR count). The number of benzene rings is 1. The Labute approximate surface area is 99.2 Å². The minimum Gasteiger partial charge on any atom is -0.478 e. The number of carboxylic acid groups (broad SMARTS) is 1. The first-order valence-electron chi connectivity index (χ1n) is 5.48. The molecule has 1 heterocycles. The Morgan fingerprint density at radius 3 is 2.53 bits per heavy atom. The van der Waals surface area contributed by atoms with Crippen molar-refractivity contribution in [2.45, 2.75) is 12.8 Å². The molecule has 1 aromatic carbocycles. The molecular weight excluding hydrogens is 218 g/mol. The highest BCUT2D eigenvalue weighted by Crippen LogP contribution is 2.21. The first kappa shape index (κ1) is 11.4. The number of amides is 1. The van der Waals surface area contributed by atoms with Gasteiger partial charge in [-0.3, -0.25) is 4.79 Å². The third-order valence-corrected chi connectivity index (χ3v) is 2.70. The van der Waals surface area contributed by atoms with Crippen LogP contribution < -0.4 is 4.90 Å². The van der Waals surface area contributed by atoms with Crippen LogP contribution in [0.4, 0.5) is 5.69 Å². The van der Waals surface area contributed by atoms with Crippen LogP contribution in [-0.2, 0) is 9.59 Å². The molecule has 88 valence electrons. The second-order valence-corrected chi connectivity index (χ2v) is 3.91. The SMILES string of the molecule is O=C(O)C=Cc1ccc(N2CCCC2=O)cc1. The van der Waals surface area contributed by atoms with Crippen LogP contribution in [0, 0.1) is 0 Å². The molecule has 1 N–H and O–H groups in total. The molecule has 1 amide bonds. The van der Waals surface area contributed by atoms with Gasteiger partial charge in [-0.2, -0.15) is 0 Å². The van der Waals surface area contributed by atoms with Gasteiger partial charge in [0.25, 0.3) is 0 Å². The zero-order valence-corrected chi connectivity index (χ0v) is 9.30. The molecule has 1 saturated heterocycles. The number of rotatable bonds is 3. The number of aliphatic carboxylic acids is 1. The first-order chi connectivity index (χ1) is 8.16. The summed E-state index contributed by atoms with van der Waals surface area (Å²) in [5, 5.41) is 8.50. The van der Waals surface area contributed by atoms with Gasteiger partial charge < -0.3 is 10.0 Å². The Hall–Kier alpha value is -2.10. The lowest BCUT2D eigenvalue weighted by molar-refractivity contribution is -0.131. The number of hydrogen-bond acceptors (Lipinski definition) is 2. The lowest BCUT2D eigenvalue weighted by Gasteiger charge is -2.15. The molecule has 0 aliphatic carbocycles. The van der Waals surface area contributed by atoms with Crippen molar-refractivity contribution in [3.05, 3.63) is 35.9 Å². The molecule has 0 saturated carbocycles. The van der Waals surface area contributed by atoms with Crippen molar-refractivity contribution >= 4 is 23.6 Å². The number of carbonyl (C=O) groups excluding carboxylic acids is 1. The smallest absolute Gasteiger partial charge is 0.328 e. The van der Waals surface area contributed by atoms with Gasteiger partial charge in [0.1, 0.15) is 0 Å². The van der Waals surface area contributed by atoms with Gasteiger partial charge in [-0.05, 0) is 30.2 Å². The fourth-order valence-corrected chi connectivity index (χ4v) is 1.85. The molecule has 0 aromatic heterocycles.